The van der Waals surface area contributed by atoms with Gasteiger partial charge in [0.05, 0.1) is 6.42 Å². The van der Waals surface area contributed by atoms with E-state index < -0.39 is 24.9 Å². The summed E-state index contributed by atoms with van der Waals surface area (Å²) in [6, 6.07) is -0.122. The van der Waals surface area contributed by atoms with Gasteiger partial charge in [-0.15, -0.1) is 11.6 Å². The van der Waals surface area contributed by atoms with Crippen molar-refractivity contribution in [1.29, 1.82) is 0 Å². The first-order valence-electron chi connectivity index (χ1n) is 4.81. The smallest absolute Gasteiger partial charge is 0.353 e. The van der Waals surface area contributed by atoms with Crippen LogP contribution in [0.1, 0.15) is 32.6 Å². The second-order valence-corrected chi connectivity index (χ2v) is 3.64. The highest BCUT2D eigenvalue weighted by molar-refractivity contribution is 6.17. The Morgan fingerprint density at radius 3 is 2.47 bits per heavy atom. The quantitative estimate of drug-likeness (QED) is 0.717. The van der Waals surface area contributed by atoms with Crippen LogP contribution < -0.4 is 5.32 Å². The number of nitrogens with one attached hydrogen (secondary N) is 1. The molecule has 0 rings (SSSR count). The van der Waals surface area contributed by atoms with Crippen molar-refractivity contribution in [3.05, 3.63) is 0 Å². The lowest BCUT2D eigenvalue weighted by Gasteiger charge is -2.15. The van der Waals surface area contributed by atoms with Crippen molar-refractivity contribution in [2.24, 2.45) is 0 Å². The molecule has 1 atom stereocenters. The summed E-state index contributed by atoms with van der Waals surface area (Å²) in [5.41, 5.74) is 0. The minimum Gasteiger partial charge on any atom is -0.353 e. The van der Waals surface area contributed by atoms with Crippen LogP contribution in [0.2, 0.25) is 0 Å². The number of amides is 1. The monoisotopic (exact) mass is 245 g/mol. The molecule has 1 N–H and O–H groups in total. The van der Waals surface area contributed by atoms with Gasteiger partial charge in [-0.05, 0) is 12.8 Å². The summed E-state index contributed by atoms with van der Waals surface area (Å²) in [6.07, 6.45) is -4.61. The SMILES string of the molecule is CCC(CCCl)NC(=O)CCC(F)(F)F. The van der Waals surface area contributed by atoms with E-state index in [0.717, 1.165) is 0 Å². The molecule has 0 radical (unpaired) electrons. The Balaban J connectivity index is 3.81. The second-order valence-electron chi connectivity index (χ2n) is 3.27. The zero-order valence-corrected chi connectivity index (χ0v) is 9.29. The Morgan fingerprint density at radius 1 is 1.47 bits per heavy atom. The Kier molecular flexibility index (Phi) is 6.72. The molecule has 1 unspecified atom stereocenters. The summed E-state index contributed by atoms with van der Waals surface area (Å²) in [7, 11) is 0. The number of halogens is 4. The number of carbonyl (C=O) groups excluding carboxylic acids is 1. The van der Waals surface area contributed by atoms with Gasteiger partial charge >= 0.3 is 6.18 Å². The van der Waals surface area contributed by atoms with Gasteiger partial charge in [-0.25, -0.2) is 0 Å². The Morgan fingerprint density at radius 2 is 2.07 bits per heavy atom. The fraction of sp³-hybridized carbons (Fsp3) is 0.889. The van der Waals surface area contributed by atoms with Crippen molar-refractivity contribution in [2.45, 2.75) is 44.8 Å². The van der Waals surface area contributed by atoms with E-state index in [1.165, 1.54) is 0 Å². The maximum atomic E-state index is 11.8. The van der Waals surface area contributed by atoms with Crippen LogP contribution in [-0.4, -0.2) is 24.0 Å². The van der Waals surface area contributed by atoms with Crippen LogP contribution in [0.3, 0.4) is 0 Å². The summed E-state index contributed by atoms with van der Waals surface area (Å²) in [6.45, 7) is 1.85. The fourth-order valence-electron chi connectivity index (χ4n) is 1.07. The minimum absolute atomic E-state index is 0.122. The zero-order valence-electron chi connectivity index (χ0n) is 8.53. The highest BCUT2D eigenvalue weighted by Gasteiger charge is 2.28. The van der Waals surface area contributed by atoms with E-state index in [4.69, 9.17) is 11.6 Å². The van der Waals surface area contributed by atoms with Crippen LogP contribution in [0.4, 0.5) is 13.2 Å². The molecular weight excluding hydrogens is 231 g/mol. The van der Waals surface area contributed by atoms with Gasteiger partial charge in [0.15, 0.2) is 0 Å². The molecule has 0 aliphatic carbocycles. The van der Waals surface area contributed by atoms with Crippen molar-refractivity contribution in [3.63, 3.8) is 0 Å². The normalized spacial score (nSPS) is 13.7. The standard InChI is InChI=1S/C9H15ClF3NO/c1-2-7(4-6-10)14-8(15)3-5-9(11,12)13/h7H,2-6H2,1H3,(H,14,15). The van der Waals surface area contributed by atoms with E-state index in [2.05, 4.69) is 5.32 Å². The molecule has 15 heavy (non-hydrogen) atoms. The summed E-state index contributed by atoms with van der Waals surface area (Å²) >= 11 is 5.48. The topological polar surface area (TPSA) is 29.1 Å². The first kappa shape index (κ1) is 14.6. The average molecular weight is 246 g/mol. The predicted octanol–water partition coefficient (Wildman–Crippen LogP) is 2.85. The Labute approximate surface area is 92.2 Å². The summed E-state index contributed by atoms with van der Waals surface area (Å²) in [5, 5.41) is 2.52. The van der Waals surface area contributed by atoms with E-state index >= 15 is 0 Å². The highest BCUT2D eigenvalue weighted by atomic mass is 35.5. The van der Waals surface area contributed by atoms with Crippen molar-refractivity contribution < 1.29 is 18.0 Å². The van der Waals surface area contributed by atoms with Crippen molar-refractivity contribution >= 4 is 17.5 Å². The molecule has 0 aliphatic heterocycles. The van der Waals surface area contributed by atoms with Crippen molar-refractivity contribution in [3.8, 4) is 0 Å². The molecule has 0 bridgehead atoms. The fourth-order valence-corrected chi connectivity index (χ4v) is 1.33. The van der Waals surface area contributed by atoms with Gasteiger partial charge in [0.2, 0.25) is 5.91 Å². The van der Waals surface area contributed by atoms with E-state index in [1.54, 1.807) is 0 Å². The lowest BCUT2D eigenvalue weighted by atomic mass is 10.1. The maximum Gasteiger partial charge on any atom is 0.389 e. The number of hydrogen-bond donors (Lipinski definition) is 1. The molecule has 0 aromatic carbocycles. The Hall–Kier alpha value is -0.450. The van der Waals surface area contributed by atoms with Gasteiger partial charge < -0.3 is 5.32 Å². The largest absolute Gasteiger partial charge is 0.389 e. The molecule has 6 heteroatoms. The molecule has 0 heterocycles. The molecule has 2 nitrogen and oxygen atoms in total. The van der Waals surface area contributed by atoms with Crippen LogP contribution in [0, 0.1) is 0 Å². The van der Waals surface area contributed by atoms with Gasteiger partial charge in [-0.1, -0.05) is 6.92 Å². The third kappa shape index (κ3) is 8.54. The second kappa shape index (κ2) is 6.93. The number of alkyl halides is 4. The molecule has 0 saturated carbocycles. The molecule has 0 saturated heterocycles. The highest BCUT2D eigenvalue weighted by Crippen LogP contribution is 2.21. The Bertz CT molecular complexity index is 196. The van der Waals surface area contributed by atoms with Gasteiger partial charge in [0.1, 0.15) is 0 Å². The average Bonchev–Trinajstić information content (AvgIpc) is 2.13. The van der Waals surface area contributed by atoms with Crippen molar-refractivity contribution in [2.75, 3.05) is 5.88 Å². The first-order valence-corrected chi connectivity index (χ1v) is 5.34. The third-order valence-electron chi connectivity index (χ3n) is 1.95. The summed E-state index contributed by atoms with van der Waals surface area (Å²) < 4.78 is 35.3. The number of hydrogen-bond acceptors (Lipinski definition) is 1. The van der Waals surface area contributed by atoms with Crippen molar-refractivity contribution in [1.82, 2.24) is 5.32 Å². The van der Waals surface area contributed by atoms with Crippen LogP contribution in [0.25, 0.3) is 0 Å². The van der Waals surface area contributed by atoms with Gasteiger partial charge in [-0.2, -0.15) is 13.2 Å². The van der Waals surface area contributed by atoms with Gasteiger partial charge in [0.25, 0.3) is 0 Å². The molecule has 1 amide bonds. The minimum atomic E-state index is -4.27. The van der Waals surface area contributed by atoms with Crippen LogP contribution in [0.15, 0.2) is 0 Å². The van der Waals surface area contributed by atoms with Crippen LogP contribution in [0.5, 0.6) is 0 Å². The molecule has 0 aromatic heterocycles. The predicted molar refractivity (Wildman–Crippen MR) is 52.8 cm³/mol. The number of carbonyl (C=O) groups is 1. The van der Waals surface area contributed by atoms with Gasteiger partial charge in [-0.3, -0.25) is 4.79 Å². The first-order chi connectivity index (χ1) is 6.89. The summed E-state index contributed by atoms with van der Waals surface area (Å²) in [5.74, 6) is -0.179. The van der Waals surface area contributed by atoms with Crippen LogP contribution in [-0.2, 0) is 4.79 Å². The van der Waals surface area contributed by atoms with Crippen LogP contribution >= 0.6 is 11.6 Å². The van der Waals surface area contributed by atoms with Gasteiger partial charge in [0, 0.05) is 18.3 Å². The number of rotatable bonds is 6. The van der Waals surface area contributed by atoms with E-state index in [1.807, 2.05) is 6.92 Å². The molecule has 0 fully saturated rings. The third-order valence-corrected chi connectivity index (χ3v) is 2.17. The lowest BCUT2D eigenvalue weighted by Crippen LogP contribution is -2.35. The zero-order chi connectivity index (χ0) is 11.9. The molecule has 90 valence electrons. The van der Waals surface area contributed by atoms with E-state index in [9.17, 15) is 18.0 Å². The molecular formula is C9H15ClF3NO. The maximum absolute atomic E-state index is 11.8. The molecule has 0 spiro atoms. The molecule has 0 aliphatic rings. The van der Waals surface area contributed by atoms with E-state index in [-0.39, 0.29) is 6.04 Å². The van der Waals surface area contributed by atoms with E-state index in [0.29, 0.717) is 18.7 Å². The molecule has 0 aromatic rings. The lowest BCUT2D eigenvalue weighted by molar-refractivity contribution is -0.144. The summed E-state index contributed by atoms with van der Waals surface area (Å²) in [4.78, 5) is 11.1.